The Morgan fingerprint density at radius 1 is 1.48 bits per heavy atom. The number of rotatable bonds is 8. The van der Waals surface area contributed by atoms with E-state index in [2.05, 4.69) is 4.90 Å². The van der Waals surface area contributed by atoms with Crippen molar-refractivity contribution in [3.05, 3.63) is 35.6 Å². The van der Waals surface area contributed by atoms with Crippen LogP contribution in [0.4, 0.5) is 4.39 Å². The number of hydrogen-bond donors (Lipinski definition) is 0. The second-order valence-electron chi connectivity index (χ2n) is 6.29. The Balaban J connectivity index is 1.92. The molecule has 1 aromatic carbocycles. The molecule has 0 amide bonds. The summed E-state index contributed by atoms with van der Waals surface area (Å²) in [5.41, 5.74) is 0.903. The lowest BCUT2D eigenvalue weighted by Gasteiger charge is -2.25. The summed E-state index contributed by atoms with van der Waals surface area (Å²) in [6.07, 6.45) is 2.55. The highest BCUT2D eigenvalue weighted by atomic mass is 19.1. The molecule has 0 bridgehead atoms. The predicted octanol–water partition coefficient (Wildman–Crippen LogP) is 3.15. The van der Waals surface area contributed by atoms with Gasteiger partial charge in [-0.05, 0) is 44.4 Å². The van der Waals surface area contributed by atoms with Crippen molar-refractivity contribution in [2.24, 2.45) is 0 Å². The Morgan fingerprint density at radius 2 is 2.30 bits per heavy atom. The molecule has 0 spiro atoms. The van der Waals surface area contributed by atoms with Crippen molar-refractivity contribution in [2.45, 2.75) is 51.9 Å². The molecule has 128 valence electrons. The Bertz CT molecular complexity index is 501. The molecule has 2 rings (SSSR count). The van der Waals surface area contributed by atoms with Gasteiger partial charge in [-0.2, -0.15) is 0 Å². The van der Waals surface area contributed by atoms with Gasteiger partial charge in [0.15, 0.2) is 0 Å². The molecule has 1 aliphatic rings. The highest BCUT2D eigenvalue weighted by Crippen LogP contribution is 2.16. The third-order valence-electron chi connectivity index (χ3n) is 3.78. The average molecular weight is 323 g/mol. The number of nitrogens with zero attached hydrogens (tertiary/aromatic N) is 1. The van der Waals surface area contributed by atoms with Crippen LogP contribution in [0.2, 0.25) is 0 Å². The number of benzene rings is 1. The second kappa shape index (κ2) is 8.99. The van der Waals surface area contributed by atoms with Crippen molar-refractivity contribution in [1.29, 1.82) is 0 Å². The molecule has 1 aliphatic heterocycles. The average Bonchev–Trinajstić information content (AvgIpc) is 2.97. The zero-order valence-electron chi connectivity index (χ0n) is 14.0. The van der Waals surface area contributed by atoms with Gasteiger partial charge in [-0.1, -0.05) is 12.1 Å². The maximum Gasteiger partial charge on any atom is 0.307 e. The minimum Gasteiger partial charge on any atom is -0.463 e. The van der Waals surface area contributed by atoms with Crippen LogP contribution in [-0.4, -0.2) is 42.8 Å². The number of ether oxygens (including phenoxy) is 2. The number of carbonyl (C=O) groups excluding carboxylic acids is 1. The van der Waals surface area contributed by atoms with E-state index in [0.29, 0.717) is 19.5 Å². The molecule has 1 saturated heterocycles. The van der Waals surface area contributed by atoms with E-state index in [1.807, 2.05) is 19.9 Å². The largest absolute Gasteiger partial charge is 0.463 e. The summed E-state index contributed by atoms with van der Waals surface area (Å²) in [6.45, 7) is 6.43. The van der Waals surface area contributed by atoms with Crippen LogP contribution in [0.15, 0.2) is 24.3 Å². The first-order chi connectivity index (χ1) is 11.0. The normalized spacial score (nSPS) is 17.9. The molecular weight excluding hydrogens is 297 g/mol. The number of halogens is 1. The summed E-state index contributed by atoms with van der Waals surface area (Å²) >= 11 is 0. The molecule has 23 heavy (non-hydrogen) atoms. The summed E-state index contributed by atoms with van der Waals surface area (Å²) in [4.78, 5) is 13.9. The quantitative estimate of drug-likeness (QED) is 0.689. The van der Waals surface area contributed by atoms with E-state index in [0.717, 1.165) is 31.6 Å². The topological polar surface area (TPSA) is 38.8 Å². The zero-order valence-corrected chi connectivity index (χ0v) is 14.0. The first-order valence-electron chi connectivity index (χ1n) is 8.31. The lowest BCUT2D eigenvalue weighted by molar-refractivity contribution is -0.147. The van der Waals surface area contributed by atoms with E-state index in [4.69, 9.17) is 9.47 Å². The number of esters is 1. The highest BCUT2D eigenvalue weighted by molar-refractivity contribution is 5.69. The fourth-order valence-corrected chi connectivity index (χ4v) is 2.78. The van der Waals surface area contributed by atoms with E-state index in [9.17, 15) is 9.18 Å². The molecule has 4 nitrogen and oxygen atoms in total. The molecule has 1 aromatic rings. The van der Waals surface area contributed by atoms with Gasteiger partial charge in [0.05, 0.1) is 18.6 Å². The monoisotopic (exact) mass is 323 g/mol. The van der Waals surface area contributed by atoms with Crippen molar-refractivity contribution in [3.63, 3.8) is 0 Å². The van der Waals surface area contributed by atoms with Crippen molar-refractivity contribution >= 4 is 5.97 Å². The van der Waals surface area contributed by atoms with Gasteiger partial charge in [0, 0.05) is 26.2 Å². The summed E-state index contributed by atoms with van der Waals surface area (Å²) in [6, 6.07) is 6.59. The molecule has 0 saturated carbocycles. The van der Waals surface area contributed by atoms with Gasteiger partial charge < -0.3 is 9.47 Å². The van der Waals surface area contributed by atoms with Gasteiger partial charge in [-0.15, -0.1) is 0 Å². The molecule has 0 radical (unpaired) electrons. The van der Waals surface area contributed by atoms with Gasteiger partial charge in [0.25, 0.3) is 0 Å². The molecule has 1 unspecified atom stereocenters. The summed E-state index contributed by atoms with van der Waals surface area (Å²) in [5, 5.41) is 0. The lowest BCUT2D eigenvalue weighted by atomic mass is 10.1. The van der Waals surface area contributed by atoms with Crippen LogP contribution in [0.5, 0.6) is 0 Å². The maximum absolute atomic E-state index is 13.4. The van der Waals surface area contributed by atoms with Crippen LogP contribution < -0.4 is 0 Å². The molecule has 0 aliphatic carbocycles. The number of hydrogen-bond acceptors (Lipinski definition) is 4. The van der Waals surface area contributed by atoms with Gasteiger partial charge >= 0.3 is 5.97 Å². The lowest BCUT2D eigenvalue weighted by Crippen LogP contribution is -2.34. The van der Waals surface area contributed by atoms with E-state index >= 15 is 0 Å². The van der Waals surface area contributed by atoms with Crippen LogP contribution in [0.3, 0.4) is 0 Å². The predicted molar refractivity (Wildman–Crippen MR) is 86.5 cm³/mol. The minimum atomic E-state index is -0.237. The van der Waals surface area contributed by atoms with Crippen LogP contribution in [0.25, 0.3) is 0 Å². The number of carbonyl (C=O) groups is 1. The van der Waals surface area contributed by atoms with Crippen LogP contribution in [-0.2, 0) is 20.8 Å². The third-order valence-corrected chi connectivity index (χ3v) is 3.78. The maximum atomic E-state index is 13.4. The Kier molecular flexibility index (Phi) is 6.99. The molecule has 5 heteroatoms. The van der Waals surface area contributed by atoms with Crippen molar-refractivity contribution in [2.75, 3.05) is 19.7 Å². The fraction of sp³-hybridized carbons (Fsp3) is 0.611. The standard InChI is InChI=1S/C18H26FNO3/c1-14(2)23-18(21)8-9-20(13-17-7-4-10-22-17)12-15-5-3-6-16(19)11-15/h3,5-6,11,14,17H,4,7-10,12-13H2,1-2H3. The summed E-state index contributed by atoms with van der Waals surface area (Å²) in [5.74, 6) is -0.435. The molecule has 1 heterocycles. The van der Waals surface area contributed by atoms with Crippen molar-refractivity contribution < 1.29 is 18.7 Å². The Morgan fingerprint density at radius 3 is 2.96 bits per heavy atom. The molecule has 0 aromatic heterocycles. The van der Waals surface area contributed by atoms with Crippen LogP contribution in [0.1, 0.15) is 38.7 Å². The smallest absolute Gasteiger partial charge is 0.307 e. The Hall–Kier alpha value is -1.46. The minimum absolute atomic E-state index is 0.0997. The van der Waals surface area contributed by atoms with Gasteiger partial charge in [0.2, 0.25) is 0 Å². The van der Waals surface area contributed by atoms with Crippen LogP contribution in [0, 0.1) is 5.82 Å². The molecule has 1 atom stereocenters. The van der Waals surface area contributed by atoms with Crippen molar-refractivity contribution in [3.8, 4) is 0 Å². The van der Waals surface area contributed by atoms with Gasteiger partial charge in [0.1, 0.15) is 5.82 Å². The summed E-state index contributed by atoms with van der Waals surface area (Å²) in [7, 11) is 0. The zero-order chi connectivity index (χ0) is 16.7. The first kappa shape index (κ1) is 17.9. The molecule has 0 N–H and O–H groups in total. The van der Waals surface area contributed by atoms with E-state index < -0.39 is 0 Å². The SMILES string of the molecule is CC(C)OC(=O)CCN(Cc1cccc(F)c1)CC1CCCO1. The highest BCUT2D eigenvalue weighted by Gasteiger charge is 2.20. The van der Waals surface area contributed by atoms with E-state index in [1.165, 1.54) is 12.1 Å². The Labute approximate surface area is 137 Å². The van der Waals surface area contributed by atoms with Gasteiger partial charge in [-0.25, -0.2) is 4.39 Å². The summed E-state index contributed by atoms with van der Waals surface area (Å²) < 4.78 is 24.2. The van der Waals surface area contributed by atoms with Crippen molar-refractivity contribution in [1.82, 2.24) is 4.90 Å². The molecule has 1 fully saturated rings. The van der Waals surface area contributed by atoms with Gasteiger partial charge in [-0.3, -0.25) is 9.69 Å². The van der Waals surface area contributed by atoms with Crippen LogP contribution >= 0.6 is 0 Å². The fourth-order valence-electron chi connectivity index (χ4n) is 2.78. The first-order valence-corrected chi connectivity index (χ1v) is 8.31. The molecular formula is C18H26FNO3. The third kappa shape index (κ3) is 6.67. The van der Waals surface area contributed by atoms with E-state index in [-0.39, 0.29) is 24.0 Å². The second-order valence-corrected chi connectivity index (χ2v) is 6.29. The van der Waals surface area contributed by atoms with E-state index in [1.54, 1.807) is 6.07 Å².